The highest BCUT2D eigenvalue weighted by Crippen LogP contribution is 2.34. The topological polar surface area (TPSA) is 66.6 Å². The molecule has 0 unspecified atom stereocenters. The van der Waals surface area contributed by atoms with E-state index in [4.69, 9.17) is 5.73 Å². The summed E-state index contributed by atoms with van der Waals surface area (Å²) in [5, 5.41) is 0. The zero-order chi connectivity index (χ0) is 15.1. The molecule has 1 heterocycles. The number of hydrogen-bond donors (Lipinski definition) is 1. The van der Waals surface area contributed by atoms with Crippen LogP contribution in [0.15, 0.2) is 18.2 Å². The van der Waals surface area contributed by atoms with E-state index in [-0.39, 0.29) is 17.8 Å². The van der Waals surface area contributed by atoms with E-state index in [0.717, 1.165) is 15.9 Å². The fourth-order valence-electron chi connectivity index (χ4n) is 1.99. The van der Waals surface area contributed by atoms with E-state index in [1.807, 2.05) is 0 Å². The molecular formula is C12H12F3N3O2. The quantitative estimate of drug-likeness (QED) is 0.665. The van der Waals surface area contributed by atoms with Crippen LogP contribution in [0.4, 0.5) is 23.7 Å². The van der Waals surface area contributed by atoms with Gasteiger partial charge in [0.05, 0.1) is 12.1 Å². The second kappa shape index (κ2) is 4.69. The SMILES string of the molecule is CN1CC(=O)N(Cc2ccc(N)cc2C(F)(F)F)C1=O. The summed E-state index contributed by atoms with van der Waals surface area (Å²) in [5.41, 5.74) is 4.22. The van der Waals surface area contributed by atoms with Crippen molar-refractivity contribution in [1.29, 1.82) is 0 Å². The predicted molar refractivity (Wildman–Crippen MR) is 64.4 cm³/mol. The molecule has 0 aliphatic carbocycles. The molecule has 108 valence electrons. The third-order valence-corrected chi connectivity index (χ3v) is 3.00. The van der Waals surface area contributed by atoms with Crippen molar-refractivity contribution in [3.8, 4) is 0 Å². The molecule has 0 aromatic heterocycles. The summed E-state index contributed by atoms with van der Waals surface area (Å²) in [7, 11) is 1.41. The lowest BCUT2D eigenvalue weighted by molar-refractivity contribution is -0.139. The summed E-state index contributed by atoms with van der Waals surface area (Å²) in [6, 6.07) is 2.67. The Morgan fingerprint density at radius 1 is 1.30 bits per heavy atom. The number of urea groups is 1. The van der Waals surface area contributed by atoms with Crippen molar-refractivity contribution in [2.24, 2.45) is 0 Å². The van der Waals surface area contributed by atoms with Crippen LogP contribution in [0.3, 0.4) is 0 Å². The monoisotopic (exact) mass is 287 g/mol. The van der Waals surface area contributed by atoms with Gasteiger partial charge in [0, 0.05) is 12.7 Å². The average Bonchev–Trinajstić information content (AvgIpc) is 2.56. The molecule has 8 heteroatoms. The van der Waals surface area contributed by atoms with E-state index in [1.54, 1.807) is 0 Å². The van der Waals surface area contributed by atoms with Crippen molar-refractivity contribution in [3.63, 3.8) is 0 Å². The summed E-state index contributed by atoms with van der Waals surface area (Å²) in [6.07, 6.45) is -4.59. The molecule has 1 fully saturated rings. The largest absolute Gasteiger partial charge is 0.416 e. The Balaban J connectivity index is 2.35. The number of imide groups is 1. The number of alkyl halides is 3. The van der Waals surface area contributed by atoms with Crippen LogP contribution in [0.25, 0.3) is 0 Å². The van der Waals surface area contributed by atoms with Gasteiger partial charge in [0.2, 0.25) is 0 Å². The molecule has 5 nitrogen and oxygen atoms in total. The molecule has 3 amide bonds. The molecule has 0 bridgehead atoms. The minimum absolute atomic E-state index is 0.0303. The Morgan fingerprint density at radius 3 is 2.45 bits per heavy atom. The standard InChI is InChI=1S/C12H12F3N3O2/c1-17-6-10(19)18(11(17)20)5-7-2-3-8(16)4-9(7)12(13,14)15/h2-4H,5-6,16H2,1H3. The number of benzene rings is 1. The van der Waals surface area contributed by atoms with Crippen molar-refractivity contribution in [3.05, 3.63) is 29.3 Å². The predicted octanol–water partition coefficient (Wildman–Crippen LogP) is 1.68. The molecule has 0 spiro atoms. The Kier molecular flexibility index (Phi) is 3.33. The minimum atomic E-state index is -4.59. The van der Waals surface area contributed by atoms with E-state index >= 15 is 0 Å². The van der Waals surface area contributed by atoms with Crippen LogP contribution in [0.2, 0.25) is 0 Å². The summed E-state index contributed by atoms with van der Waals surface area (Å²) in [6.45, 7) is -0.549. The van der Waals surface area contributed by atoms with Gasteiger partial charge in [-0.05, 0) is 17.7 Å². The lowest BCUT2D eigenvalue weighted by atomic mass is 10.1. The molecule has 1 aliphatic heterocycles. The Bertz CT molecular complexity index is 572. The van der Waals surface area contributed by atoms with E-state index in [1.165, 1.54) is 19.2 Å². The minimum Gasteiger partial charge on any atom is -0.399 e. The summed E-state index contributed by atoms with van der Waals surface area (Å²) in [5.74, 6) is -0.526. The van der Waals surface area contributed by atoms with Crippen molar-refractivity contribution in [2.75, 3.05) is 19.3 Å². The van der Waals surface area contributed by atoms with Crippen LogP contribution in [0, 0.1) is 0 Å². The second-order valence-corrected chi connectivity index (χ2v) is 4.53. The maximum Gasteiger partial charge on any atom is 0.416 e. The molecule has 2 N–H and O–H groups in total. The van der Waals surface area contributed by atoms with Crippen molar-refractivity contribution < 1.29 is 22.8 Å². The first kappa shape index (κ1) is 14.2. The van der Waals surface area contributed by atoms with Crippen molar-refractivity contribution >= 4 is 17.6 Å². The van der Waals surface area contributed by atoms with Crippen LogP contribution < -0.4 is 5.73 Å². The van der Waals surface area contributed by atoms with E-state index in [2.05, 4.69) is 0 Å². The first-order valence-corrected chi connectivity index (χ1v) is 5.71. The van der Waals surface area contributed by atoms with Crippen LogP contribution in [0.5, 0.6) is 0 Å². The average molecular weight is 287 g/mol. The van der Waals surface area contributed by atoms with Crippen LogP contribution >= 0.6 is 0 Å². The van der Waals surface area contributed by atoms with Crippen LogP contribution in [-0.4, -0.2) is 35.3 Å². The molecule has 1 aliphatic rings. The van der Waals surface area contributed by atoms with Gasteiger partial charge < -0.3 is 10.6 Å². The first-order valence-electron chi connectivity index (χ1n) is 5.71. The third kappa shape index (κ3) is 2.54. The number of carbonyl (C=O) groups excluding carboxylic acids is 2. The zero-order valence-corrected chi connectivity index (χ0v) is 10.6. The number of carbonyl (C=O) groups is 2. The fourth-order valence-corrected chi connectivity index (χ4v) is 1.99. The van der Waals surface area contributed by atoms with Gasteiger partial charge in [-0.3, -0.25) is 9.69 Å². The van der Waals surface area contributed by atoms with Gasteiger partial charge in [-0.25, -0.2) is 4.79 Å². The van der Waals surface area contributed by atoms with E-state index in [0.29, 0.717) is 0 Å². The second-order valence-electron chi connectivity index (χ2n) is 4.53. The molecular weight excluding hydrogens is 275 g/mol. The zero-order valence-electron chi connectivity index (χ0n) is 10.6. The van der Waals surface area contributed by atoms with Crippen molar-refractivity contribution in [1.82, 2.24) is 9.80 Å². The van der Waals surface area contributed by atoms with Gasteiger partial charge in [0.25, 0.3) is 5.91 Å². The summed E-state index contributed by atoms with van der Waals surface area (Å²) < 4.78 is 38.8. The van der Waals surface area contributed by atoms with Gasteiger partial charge in [-0.15, -0.1) is 0 Å². The summed E-state index contributed by atoms with van der Waals surface area (Å²) in [4.78, 5) is 25.2. The number of hydrogen-bond acceptors (Lipinski definition) is 3. The Morgan fingerprint density at radius 2 is 1.95 bits per heavy atom. The number of nitrogen functional groups attached to an aromatic ring is 1. The highest BCUT2D eigenvalue weighted by atomic mass is 19.4. The number of amides is 3. The maximum absolute atomic E-state index is 12.9. The highest BCUT2D eigenvalue weighted by molar-refractivity contribution is 6.01. The fraction of sp³-hybridized carbons (Fsp3) is 0.333. The van der Waals surface area contributed by atoms with Crippen LogP contribution in [0.1, 0.15) is 11.1 Å². The van der Waals surface area contributed by atoms with Crippen LogP contribution in [-0.2, 0) is 17.5 Å². The third-order valence-electron chi connectivity index (χ3n) is 3.00. The van der Waals surface area contributed by atoms with E-state index in [9.17, 15) is 22.8 Å². The summed E-state index contributed by atoms with van der Waals surface area (Å²) >= 11 is 0. The highest BCUT2D eigenvalue weighted by Gasteiger charge is 2.37. The maximum atomic E-state index is 12.9. The number of anilines is 1. The molecule has 0 saturated carbocycles. The number of halogens is 3. The molecule has 0 radical (unpaired) electrons. The van der Waals surface area contributed by atoms with Gasteiger partial charge in [0.15, 0.2) is 0 Å². The molecule has 1 aromatic rings. The molecule has 1 saturated heterocycles. The lowest BCUT2D eigenvalue weighted by Crippen LogP contribution is -2.31. The molecule has 1 aromatic carbocycles. The van der Waals surface area contributed by atoms with E-state index < -0.39 is 30.2 Å². The van der Waals surface area contributed by atoms with Gasteiger partial charge in [0.1, 0.15) is 6.54 Å². The number of nitrogens with two attached hydrogens (primary N) is 1. The number of rotatable bonds is 2. The first-order chi connectivity index (χ1) is 9.20. The van der Waals surface area contributed by atoms with Gasteiger partial charge in [-0.2, -0.15) is 13.2 Å². The van der Waals surface area contributed by atoms with Crippen molar-refractivity contribution in [2.45, 2.75) is 12.7 Å². The molecule has 20 heavy (non-hydrogen) atoms. The Hall–Kier alpha value is -2.25. The smallest absolute Gasteiger partial charge is 0.399 e. The van der Waals surface area contributed by atoms with Gasteiger partial charge in [-0.1, -0.05) is 6.07 Å². The normalized spacial score (nSPS) is 16.2. The van der Waals surface area contributed by atoms with Gasteiger partial charge >= 0.3 is 12.2 Å². The molecule has 0 atom stereocenters. The number of likely N-dealkylation sites (N-methyl/N-ethyl adjacent to an activating group) is 1. The lowest BCUT2D eigenvalue weighted by Gasteiger charge is -2.18. The Labute approximate surface area is 112 Å². The number of nitrogens with zero attached hydrogens (tertiary/aromatic N) is 2. The molecule has 2 rings (SSSR count).